The number of ether oxygens (including phenoxy) is 4. The highest BCUT2D eigenvalue weighted by Crippen LogP contribution is 2.10. The Balaban J connectivity index is 3.68. The van der Waals surface area contributed by atoms with Gasteiger partial charge in [-0.3, -0.25) is 0 Å². The predicted octanol–water partition coefficient (Wildman–Crippen LogP) is 1.48. The zero-order valence-electron chi connectivity index (χ0n) is 10.4. The molecule has 0 saturated carbocycles. The van der Waals surface area contributed by atoms with Gasteiger partial charge in [0.25, 0.3) is 0 Å². The van der Waals surface area contributed by atoms with Crippen molar-refractivity contribution >= 4 is 5.97 Å². The van der Waals surface area contributed by atoms with Crippen LogP contribution in [0.15, 0.2) is 12.2 Å². The smallest absolute Gasteiger partial charge is 0.336 e. The van der Waals surface area contributed by atoms with E-state index in [1.165, 1.54) is 7.11 Å². The van der Waals surface area contributed by atoms with Gasteiger partial charge < -0.3 is 18.9 Å². The fraction of sp³-hybridized carbons (Fsp3) is 0.727. The zero-order valence-corrected chi connectivity index (χ0v) is 10.4. The molecule has 0 aromatic carbocycles. The minimum absolute atomic E-state index is 0.0512. The summed E-state index contributed by atoms with van der Waals surface area (Å²) in [5.41, 5.74) is -0.261. The van der Waals surface area contributed by atoms with Crippen LogP contribution >= 0.6 is 0 Å². The van der Waals surface area contributed by atoms with Crippen LogP contribution in [0.3, 0.4) is 0 Å². The third-order valence-corrected chi connectivity index (χ3v) is 1.33. The van der Waals surface area contributed by atoms with Crippen molar-refractivity contribution in [3.8, 4) is 0 Å². The number of hydrogen-bond donors (Lipinski definition) is 0. The van der Waals surface area contributed by atoms with Crippen molar-refractivity contribution in [1.29, 1.82) is 0 Å². The lowest BCUT2D eigenvalue weighted by molar-refractivity contribution is -0.152. The normalized spacial score (nSPS) is 11.2. The van der Waals surface area contributed by atoms with Gasteiger partial charge in [-0.05, 0) is 20.8 Å². The van der Waals surface area contributed by atoms with Gasteiger partial charge in [0.15, 0.2) is 0 Å². The lowest BCUT2D eigenvalue weighted by Gasteiger charge is -2.20. The number of carbonyl (C=O) groups is 1. The fourth-order valence-corrected chi connectivity index (χ4v) is 0.750. The van der Waals surface area contributed by atoms with Crippen LogP contribution in [0.2, 0.25) is 0 Å². The van der Waals surface area contributed by atoms with Crippen LogP contribution in [0.25, 0.3) is 0 Å². The third kappa shape index (κ3) is 8.40. The van der Waals surface area contributed by atoms with Crippen LogP contribution < -0.4 is 0 Å². The van der Waals surface area contributed by atoms with E-state index in [0.717, 1.165) is 0 Å². The van der Waals surface area contributed by atoms with E-state index >= 15 is 0 Å². The molecule has 0 spiro atoms. The predicted molar refractivity (Wildman–Crippen MR) is 58.8 cm³/mol. The van der Waals surface area contributed by atoms with Crippen LogP contribution in [-0.4, -0.2) is 38.9 Å². The average molecular weight is 232 g/mol. The first-order valence-corrected chi connectivity index (χ1v) is 4.92. The molecule has 16 heavy (non-hydrogen) atoms. The molecule has 0 aliphatic rings. The Hall–Kier alpha value is -0.910. The van der Waals surface area contributed by atoms with Crippen LogP contribution in [0, 0.1) is 0 Å². The molecule has 0 radical (unpaired) electrons. The molecular weight excluding hydrogens is 212 g/mol. The quantitative estimate of drug-likeness (QED) is 0.288. The van der Waals surface area contributed by atoms with Gasteiger partial charge >= 0.3 is 5.97 Å². The molecular formula is C11H20O5. The van der Waals surface area contributed by atoms with Crippen molar-refractivity contribution in [1.82, 2.24) is 0 Å². The third-order valence-electron chi connectivity index (χ3n) is 1.33. The molecule has 94 valence electrons. The molecule has 0 unspecified atom stereocenters. The highest BCUT2D eigenvalue weighted by molar-refractivity contribution is 5.88. The highest BCUT2D eigenvalue weighted by atomic mass is 16.7. The first-order valence-electron chi connectivity index (χ1n) is 4.92. The summed E-state index contributed by atoms with van der Waals surface area (Å²) in [4.78, 5) is 11.4. The minimum atomic E-state index is -0.521. The first-order chi connectivity index (χ1) is 7.37. The first kappa shape index (κ1) is 15.1. The standard InChI is InChI=1S/C11H20O5/c1-9(6-14-8-15-7-13-5)10(12)16-11(2,3)4/h1,6-8H2,2-5H3. The van der Waals surface area contributed by atoms with Crippen molar-refractivity contribution < 1.29 is 23.7 Å². The van der Waals surface area contributed by atoms with Gasteiger partial charge in [-0.15, -0.1) is 0 Å². The second kappa shape index (κ2) is 7.38. The van der Waals surface area contributed by atoms with Crippen molar-refractivity contribution in [2.75, 3.05) is 27.3 Å². The van der Waals surface area contributed by atoms with Gasteiger partial charge in [0.1, 0.15) is 19.2 Å². The second-order valence-corrected chi connectivity index (χ2v) is 4.18. The van der Waals surface area contributed by atoms with Crippen molar-refractivity contribution in [3.05, 3.63) is 12.2 Å². The van der Waals surface area contributed by atoms with E-state index in [-0.39, 0.29) is 25.8 Å². The number of hydrogen-bond acceptors (Lipinski definition) is 5. The number of esters is 1. The van der Waals surface area contributed by atoms with Crippen molar-refractivity contribution in [2.45, 2.75) is 26.4 Å². The lowest BCUT2D eigenvalue weighted by Crippen LogP contribution is -2.26. The molecule has 0 heterocycles. The minimum Gasteiger partial charge on any atom is -0.457 e. The summed E-state index contributed by atoms with van der Waals surface area (Å²) in [5, 5.41) is 0. The number of rotatable bonds is 7. The maximum Gasteiger partial charge on any atom is 0.336 e. The molecule has 0 rings (SSSR count). The molecule has 0 fully saturated rings. The number of methoxy groups -OCH3 is 1. The van der Waals surface area contributed by atoms with Crippen LogP contribution in [0.4, 0.5) is 0 Å². The van der Waals surface area contributed by atoms with E-state index < -0.39 is 11.6 Å². The van der Waals surface area contributed by atoms with E-state index in [9.17, 15) is 4.79 Å². The SMILES string of the molecule is C=C(COCOCOC)C(=O)OC(C)(C)C. The van der Waals surface area contributed by atoms with Crippen molar-refractivity contribution in [3.63, 3.8) is 0 Å². The molecule has 0 N–H and O–H groups in total. The molecule has 0 aromatic rings. The van der Waals surface area contributed by atoms with Gasteiger partial charge in [-0.25, -0.2) is 4.79 Å². The molecule has 0 amide bonds. The van der Waals surface area contributed by atoms with Gasteiger partial charge in [0, 0.05) is 7.11 Å². The Bertz CT molecular complexity index is 229. The van der Waals surface area contributed by atoms with E-state index in [0.29, 0.717) is 0 Å². The second-order valence-electron chi connectivity index (χ2n) is 4.18. The van der Waals surface area contributed by atoms with Crippen LogP contribution in [-0.2, 0) is 23.7 Å². The molecule has 0 bridgehead atoms. The lowest BCUT2D eigenvalue weighted by atomic mass is 10.2. The largest absolute Gasteiger partial charge is 0.457 e. The summed E-state index contributed by atoms with van der Waals surface area (Å²) < 4.78 is 19.6. The summed E-state index contributed by atoms with van der Waals surface area (Å²) in [6.45, 7) is 9.23. The van der Waals surface area contributed by atoms with Gasteiger partial charge in [-0.1, -0.05) is 6.58 Å². The summed E-state index contributed by atoms with van der Waals surface area (Å²) in [7, 11) is 1.51. The molecule has 0 aliphatic carbocycles. The molecule has 0 saturated heterocycles. The summed E-state index contributed by atoms with van der Waals surface area (Å²) in [6.07, 6.45) is 0. The Labute approximate surface area is 96.3 Å². The zero-order chi connectivity index (χ0) is 12.6. The maximum atomic E-state index is 11.4. The van der Waals surface area contributed by atoms with E-state index in [4.69, 9.17) is 14.2 Å². The maximum absolute atomic E-state index is 11.4. The summed E-state index contributed by atoms with van der Waals surface area (Å²) in [5.74, 6) is -0.459. The Morgan fingerprint density at radius 1 is 1.19 bits per heavy atom. The van der Waals surface area contributed by atoms with E-state index in [1.54, 1.807) is 20.8 Å². The van der Waals surface area contributed by atoms with Crippen LogP contribution in [0.5, 0.6) is 0 Å². The highest BCUT2D eigenvalue weighted by Gasteiger charge is 2.18. The molecule has 0 aliphatic heterocycles. The van der Waals surface area contributed by atoms with Crippen molar-refractivity contribution in [2.24, 2.45) is 0 Å². The Morgan fingerprint density at radius 3 is 2.31 bits per heavy atom. The molecule has 0 atom stereocenters. The topological polar surface area (TPSA) is 54.0 Å². The van der Waals surface area contributed by atoms with E-state index in [2.05, 4.69) is 11.3 Å². The molecule has 5 nitrogen and oxygen atoms in total. The monoisotopic (exact) mass is 232 g/mol. The number of carbonyl (C=O) groups excluding carboxylic acids is 1. The van der Waals surface area contributed by atoms with Gasteiger partial charge in [-0.2, -0.15) is 0 Å². The van der Waals surface area contributed by atoms with Gasteiger partial charge in [0.05, 0.1) is 12.2 Å². The summed E-state index contributed by atoms with van der Waals surface area (Å²) >= 11 is 0. The van der Waals surface area contributed by atoms with Crippen LogP contribution in [0.1, 0.15) is 20.8 Å². The average Bonchev–Trinajstić information content (AvgIpc) is 2.14. The Morgan fingerprint density at radius 2 is 1.81 bits per heavy atom. The van der Waals surface area contributed by atoms with Gasteiger partial charge in [0.2, 0.25) is 0 Å². The summed E-state index contributed by atoms with van der Waals surface area (Å²) in [6, 6.07) is 0. The Kier molecular flexibility index (Phi) is 6.96. The van der Waals surface area contributed by atoms with E-state index in [1.807, 2.05) is 0 Å². The fourth-order valence-electron chi connectivity index (χ4n) is 0.750. The molecule has 5 heteroatoms. The molecule has 0 aromatic heterocycles.